The highest BCUT2D eigenvalue weighted by Crippen LogP contribution is 1.99. The number of aliphatic hydroxyl groups is 2. The second-order valence-corrected chi connectivity index (χ2v) is 3.95. The highest BCUT2D eigenvalue weighted by atomic mass is 16.3. The van der Waals surface area contributed by atoms with E-state index in [1.165, 1.54) is 0 Å². The maximum Gasteiger partial charge on any atom is 0.234 e. The van der Waals surface area contributed by atoms with Gasteiger partial charge in [-0.1, -0.05) is 0 Å². The van der Waals surface area contributed by atoms with Crippen LogP contribution in [0.2, 0.25) is 0 Å². The van der Waals surface area contributed by atoms with E-state index in [0.717, 1.165) is 0 Å². The molecule has 0 atom stereocenters. The van der Waals surface area contributed by atoms with Gasteiger partial charge in [-0.3, -0.25) is 10.1 Å². The van der Waals surface area contributed by atoms with Gasteiger partial charge in [-0.25, -0.2) is 0 Å². The molecule has 0 aliphatic heterocycles. The lowest BCUT2D eigenvalue weighted by atomic mass is 10.1. The molecule has 0 aliphatic carbocycles. The van der Waals surface area contributed by atoms with E-state index in [9.17, 15) is 4.79 Å². The van der Waals surface area contributed by atoms with Crippen LogP contribution in [0.25, 0.3) is 0 Å². The quantitative estimate of drug-likeness (QED) is 0.440. The van der Waals surface area contributed by atoms with Crippen LogP contribution in [0, 0.1) is 0 Å². The first-order valence-electron chi connectivity index (χ1n) is 4.69. The molecule has 1 amide bonds. The number of aliphatic hydroxyl groups excluding tert-OH is 2. The minimum atomic E-state index is -0.797. The molecule has 0 saturated heterocycles. The van der Waals surface area contributed by atoms with Crippen LogP contribution in [0.1, 0.15) is 20.8 Å². The Balaban J connectivity index is 3.86. The Morgan fingerprint density at radius 1 is 1.36 bits per heavy atom. The second-order valence-electron chi connectivity index (χ2n) is 3.95. The zero-order chi connectivity index (χ0) is 11.2. The van der Waals surface area contributed by atoms with Gasteiger partial charge in [-0.15, -0.1) is 0 Å². The van der Waals surface area contributed by atoms with Gasteiger partial charge in [0.25, 0.3) is 0 Å². The molecule has 14 heavy (non-hydrogen) atoms. The van der Waals surface area contributed by atoms with Crippen LogP contribution in [0.5, 0.6) is 0 Å². The fourth-order valence-corrected chi connectivity index (χ4v) is 0.828. The van der Waals surface area contributed by atoms with Crippen molar-refractivity contribution < 1.29 is 15.0 Å². The van der Waals surface area contributed by atoms with Crippen molar-refractivity contribution in [1.82, 2.24) is 10.6 Å². The zero-order valence-electron chi connectivity index (χ0n) is 9.00. The van der Waals surface area contributed by atoms with E-state index < -0.39 is 5.54 Å². The summed E-state index contributed by atoms with van der Waals surface area (Å²) < 4.78 is 0. The molecule has 0 heterocycles. The number of carbonyl (C=O) groups is 1. The van der Waals surface area contributed by atoms with Crippen molar-refractivity contribution in [2.24, 2.45) is 0 Å². The van der Waals surface area contributed by atoms with Gasteiger partial charge < -0.3 is 15.5 Å². The van der Waals surface area contributed by atoms with Crippen molar-refractivity contribution in [3.05, 3.63) is 0 Å². The summed E-state index contributed by atoms with van der Waals surface area (Å²) in [5.74, 6) is -0.145. The summed E-state index contributed by atoms with van der Waals surface area (Å²) in [5, 5.41) is 23.3. The summed E-state index contributed by atoms with van der Waals surface area (Å²) in [6, 6.07) is 0.0961. The van der Waals surface area contributed by atoms with E-state index >= 15 is 0 Å². The average Bonchev–Trinajstić information content (AvgIpc) is 2.13. The molecule has 0 saturated carbocycles. The molecule has 0 rings (SSSR count). The first-order chi connectivity index (χ1) is 6.43. The van der Waals surface area contributed by atoms with Gasteiger partial charge >= 0.3 is 0 Å². The van der Waals surface area contributed by atoms with E-state index in [4.69, 9.17) is 10.2 Å². The Hall–Kier alpha value is -0.650. The van der Waals surface area contributed by atoms with Crippen LogP contribution in [0.4, 0.5) is 0 Å². The van der Waals surface area contributed by atoms with Crippen LogP contribution in [0.15, 0.2) is 0 Å². The van der Waals surface area contributed by atoms with Gasteiger partial charge in [0.2, 0.25) is 5.91 Å². The first kappa shape index (κ1) is 13.4. The third-order valence-corrected chi connectivity index (χ3v) is 1.82. The van der Waals surface area contributed by atoms with Gasteiger partial charge in [-0.2, -0.15) is 0 Å². The third-order valence-electron chi connectivity index (χ3n) is 1.82. The third kappa shape index (κ3) is 5.16. The lowest BCUT2D eigenvalue weighted by Crippen LogP contribution is -2.52. The second kappa shape index (κ2) is 5.95. The summed E-state index contributed by atoms with van der Waals surface area (Å²) in [5.41, 5.74) is -0.797. The topological polar surface area (TPSA) is 81.6 Å². The molecule has 0 fully saturated rings. The Labute approximate surface area is 84.5 Å². The number of nitrogens with one attached hydrogen (secondary N) is 2. The molecule has 84 valence electrons. The van der Waals surface area contributed by atoms with Crippen molar-refractivity contribution in [3.8, 4) is 0 Å². The number of amides is 1. The molecule has 0 aromatic rings. The minimum Gasteiger partial charge on any atom is -0.394 e. The van der Waals surface area contributed by atoms with Gasteiger partial charge in [0.05, 0.1) is 25.3 Å². The molecule has 0 aliphatic rings. The molecule has 0 unspecified atom stereocenters. The highest BCUT2D eigenvalue weighted by molar-refractivity contribution is 5.78. The van der Waals surface area contributed by atoms with Crippen molar-refractivity contribution in [3.63, 3.8) is 0 Å². The standard InChI is InChI=1S/C9H20N2O3/c1-7(2)11-8(14)4-10-9(3,5-12)6-13/h7,10,12-13H,4-6H2,1-3H3,(H,11,14). The van der Waals surface area contributed by atoms with E-state index in [1.54, 1.807) is 6.92 Å². The van der Waals surface area contributed by atoms with Gasteiger partial charge in [-0.05, 0) is 20.8 Å². The summed E-state index contributed by atoms with van der Waals surface area (Å²) in [7, 11) is 0. The minimum absolute atomic E-state index is 0.0931. The molecule has 0 aromatic heterocycles. The first-order valence-corrected chi connectivity index (χ1v) is 4.69. The number of hydrogen-bond acceptors (Lipinski definition) is 4. The molecule has 5 heteroatoms. The molecule has 0 aromatic carbocycles. The number of hydrogen-bond donors (Lipinski definition) is 4. The van der Waals surface area contributed by atoms with E-state index in [1.807, 2.05) is 13.8 Å². The Morgan fingerprint density at radius 3 is 2.21 bits per heavy atom. The van der Waals surface area contributed by atoms with Crippen molar-refractivity contribution in [1.29, 1.82) is 0 Å². The van der Waals surface area contributed by atoms with E-state index in [2.05, 4.69) is 10.6 Å². The molecule has 5 nitrogen and oxygen atoms in total. The van der Waals surface area contributed by atoms with Crippen molar-refractivity contribution >= 4 is 5.91 Å². The van der Waals surface area contributed by atoms with Gasteiger partial charge in [0, 0.05) is 6.04 Å². The normalized spacial score (nSPS) is 11.9. The van der Waals surface area contributed by atoms with E-state index in [0.29, 0.717) is 0 Å². The Kier molecular flexibility index (Phi) is 5.68. The lowest BCUT2D eigenvalue weighted by Gasteiger charge is -2.26. The fraction of sp³-hybridized carbons (Fsp3) is 0.889. The number of rotatable bonds is 6. The lowest BCUT2D eigenvalue weighted by molar-refractivity contribution is -0.121. The summed E-state index contributed by atoms with van der Waals surface area (Å²) >= 11 is 0. The Morgan fingerprint density at radius 2 is 1.86 bits per heavy atom. The van der Waals surface area contributed by atoms with Crippen LogP contribution in [0.3, 0.4) is 0 Å². The average molecular weight is 204 g/mol. The monoisotopic (exact) mass is 204 g/mol. The van der Waals surface area contributed by atoms with Crippen LogP contribution >= 0.6 is 0 Å². The molecule has 4 N–H and O–H groups in total. The van der Waals surface area contributed by atoms with Crippen LogP contribution in [-0.2, 0) is 4.79 Å². The summed E-state index contributed by atoms with van der Waals surface area (Å²) in [4.78, 5) is 11.2. The highest BCUT2D eigenvalue weighted by Gasteiger charge is 2.22. The SMILES string of the molecule is CC(C)NC(=O)CNC(C)(CO)CO. The predicted molar refractivity (Wildman–Crippen MR) is 53.9 cm³/mol. The summed E-state index contributed by atoms with van der Waals surface area (Å²) in [6.45, 7) is 5.06. The fourth-order valence-electron chi connectivity index (χ4n) is 0.828. The summed E-state index contributed by atoms with van der Waals surface area (Å²) in [6.07, 6.45) is 0. The van der Waals surface area contributed by atoms with Crippen molar-refractivity contribution in [2.75, 3.05) is 19.8 Å². The molecular formula is C9H20N2O3. The van der Waals surface area contributed by atoms with Crippen LogP contribution in [-0.4, -0.2) is 47.5 Å². The molecule has 0 bridgehead atoms. The van der Waals surface area contributed by atoms with Crippen LogP contribution < -0.4 is 10.6 Å². The smallest absolute Gasteiger partial charge is 0.234 e. The molecule has 0 radical (unpaired) electrons. The maximum atomic E-state index is 11.2. The van der Waals surface area contributed by atoms with Gasteiger partial charge in [0.15, 0.2) is 0 Å². The van der Waals surface area contributed by atoms with E-state index in [-0.39, 0.29) is 31.7 Å². The molecular weight excluding hydrogens is 184 g/mol. The predicted octanol–water partition coefficient (Wildman–Crippen LogP) is -1.16. The Bertz CT molecular complexity index is 179. The van der Waals surface area contributed by atoms with Crippen molar-refractivity contribution in [2.45, 2.75) is 32.4 Å². The largest absolute Gasteiger partial charge is 0.394 e. The molecule has 0 spiro atoms. The number of carbonyl (C=O) groups excluding carboxylic acids is 1. The maximum absolute atomic E-state index is 11.2. The van der Waals surface area contributed by atoms with Gasteiger partial charge in [0.1, 0.15) is 0 Å². The zero-order valence-corrected chi connectivity index (χ0v) is 9.00.